The lowest BCUT2D eigenvalue weighted by atomic mass is 10.0. The molecule has 0 radical (unpaired) electrons. The summed E-state index contributed by atoms with van der Waals surface area (Å²) >= 11 is 0. The van der Waals surface area contributed by atoms with E-state index >= 15 is 0 Å². The number of aryl methyl sites for hydroxylation is 1. The first-order valence-corrected chi connectivity index (χ1v) is 11.9. The predicted molar refractivity (Wildman–Crippen MR) is 127 cm³/mol. The van der Waals surface area contributed by atoms with Crippen molar-refractivity contribution < 1.29 is 9.53 Å². The van der Waals surface area contributed by atoms with Gasteiger partial charge in [-0.3, -0.25) is 4.79 Å². The fraction of sp³-hybridized carbons (Fsp3) is 0.577. The van der Waals surface area contributed by atoms with E-state index in [1.165, 1.54) is 24.0 Å². The summed E-state index contributed by atoms with van der Waals surface area (Å²) in [5.74, 6) is 3.12. The summed E-state index contributed by atoms with van der Waals surface area (Å²) in [6, 6.07) is 8.64. The summed E-state index contributed by atoms with van der Waals surface area (Å²) in [6.07, 6.45) is 3.74. The first kappa shape index (κ1) is 22.7. The van der Waals surface area contributed by atoms with Gasteiger partial charge in [0.05, 0.1) is 12.3 Å². The fourth-order valence-corrected chi connectivity index (χ4v) is 4.43. The highest BCUT2D eigenvalue weighted by Crippen LogP contribution is 2.40. The normalized spacial score (nSPS) is 16.7. The second-order valence-corrected chi connectivity index (χ2v) is 9.67. The molecule has 2 heterocycles. The Morgan fingerprint density at radius 3 is 2.53 bits per heavy atom. The molecule has 0 bridgehead atoms. The Hall–Kier alpha value is -2.47. The molecule has 1 amide bonds. The molecule has 4 rings (SSSR count). The van der Waals surface area contributed by atoms with Gasteiger partial charge in [0.25, 0.3) is 0 Å². The van der Waals surface area contributed by atoms with Crippen LogP contribution in [0, 0.1) is 12.8 Å². The minimum atomic E-state index is 0.265. The Morgan fingerprint density at radius 1 is 1.16 bits per heavy atom. The third-order valence-electron chi connectivity index (χ3n) is 6.29. The molecule has 172 valence electrons. The van der Waals surface area contributed by atoms with Crippen LogP contribution in [-0.2, 0) is 22.6 Å². The van der Waals surface area contributed by atoms with E-state index in [4.69, 9.17) is 14.7 Å². The Morgan fingerprint density at radius 2 is 1.91 bits per heavy atom. The van der Waals surface area contributed by atoms with Crippen LogP contribution >= 0.6 is 0 Å². The van der Waals surface area contributed by atoms with Gasteiger partial charge in [-0.15, -0.1) is 0 Å². The van der Waals surface area contributed by atoms with Crippen LogP contribution in [0.25, 0.3) is 0 Å². The summed E-state index contributed by atoms with van der Waals surface area (Å²) in [5, 5.41) is 0. The minimum Gasteiger partial charge on any atom is -0.378 e. The molecule has 0 unspecified atom stereocenters. The second kappa shape index (κ2) is 9.99. The quantitative estimate of drug-likeness (QED) is 0.624. The first-order valence-electron chi connectivity index (χ1n) is 11.9. The summed E-state index contributed by atoms with van der Waals surface area (Å²) in [6.45, 7) is 9.92. The van der Waals surface area contributed by atoms with Gasteiger partial charge >= 0.3 is 0 Å². The van der Waals surface area contributed by atoms with Gasteiger partial charge in [0.2, 0.25) is 5.91 Å². The highest BCUT2D eigenvalue weighted by molar-refractivity contribution is 5.76. The van der Waals surface area contributed by atoms with Crippen molar-refractivity contribution in [3.63, 3.8) is 0 Å². The number of methoxy groups -OCH3 is 1. The average molecular weight is 437 g/mol. The zero-order chi connectivity index (χ0) is 22.7. The molecule has 0 spiro atoms. The van der Waals surface area contributed by atoms with Gasteiger partial charge in [0, 0.05) is 57.6 Å². The van der Waals surface area contributed by atoms with Crippen molar-refractivity contribution in [1.29, 1.82) is 0 Å². The maximum atomic E-state index is 12.5. The van der Waals surface area contributed by atoms with Crippen LogP contribution < -0.4 is 4.90 Å². The topological polar surface area (TPSA) is 58.6 Å². The summed E-state index contributed by atoms with van der Waals surface area (Å²) in [5.41, 5.74) is 4.67. The monoisotopic (exact) mass is 436 g/mol. The van der Waals surface area contributed by atoms with Gasteiger partial charge in [-0.2, -0.15) is 0 Å². The molecule has 1 saturated heterocycles. The van der Waals surface area contributed by atoms with Crippen molar-refractivity contribution in [3.05, 3.63) is 52.5 Å². The number of amides is 1. The summed E-state index contributed by atoms with van der Waals surface area (Å²) in [7, 11) is 1.73. The number of rotatable bonds is 8. The van der Waals surface area contributed by atoms with E-state index in [1.54, 1.807) is 7.11 Å². The fourth-order valence-electron chi connectivity index (χ4n) is 4.43. The van der Waals surface area contributed by atoms with Crippen LogP contribution in [0.2, 0.25) is 0 Å². The number of hydrogen-bond acceptors (Lipinski definition) is 5. The molecule has 1 aliphatic heterocycles. The number of piperazine rings is 1. The number of ether oxygens (including phenoxy) is 1. The van der Waals surface area contributed by atoms with Gasteiger partial charge in [-0.25, -0.2) is 9.97 Å². The Bertz CT molecular complexity index is 947. The molecule has 2 aliphatic rings. The molecule has 1 aromatic heterocycles. The molecule has 2 fully saturated rings. The van der Waals surface area contributed by atoms with E-state index in [-0.39, 0.29) is 5.91 Å². The third-order valence-corrected chi connectivity index (χ3v) is 6.29. The van der Waals surface area contributed by atoms with Gasteiger partial charge in [-0.05, 0) is 31.2 Å². The molecule has 32 heavy (non-hydrogen) atoms. The zero-order valence-corrected chi connectivity index (χ0v) is 19.9. The summed E-state index contributed by atoms with van der Waals surface area (Å²) in [4.78, 5) is 27.0. The summed E-state index contributed by atoms with van der Waals surface area (Å²) < 4.78 is 5.55. The van der Waals surface area contributed by atoms with Crippen LogP contribution in [0.4, 0.5) is 5.82 Å². The molecule has 0 N–H and O–H groups in total. The number of aromatic nitrogens is 2. The number of hydrogen-bond donors (Lipinski definition) is 0. The molecular weight excluding hydrogens is 400 g/mol. The molecule has 6 heteroatoms. The largest absolute Gasteiger partial charge is 0.378 e. The highest BCUT2D eigenvalue weighted by atomic mass is 16.5. The van der Waals surface area contributed by atoms with E-state index in [0.29, 0.717) is 24.9 Å². The molecule has 6 nitrogen and oxygen atoms in total. The SMILES string of the molecule is COCc1nc(C2CC2)nc(N2CCN(C(=O)CC(C)C)CC2)c1Cc1cccc(C)c1. The van der Waals surface area contributed by atoms with Crippen LogP contribution in [0.5, 0.6) is 0 Å². The lowest BCUT2D eigenvalue weighted by Crippen LogP contribution is -2.49. The van der Waals surface area contributed by atoms with Crippen molar-refractivity contribution >= 4 is 11.7 Å². The number of nitrogens with zero attached hydrogens (tertiary/aromatic N) is 4. The molecule has 0 atom stereocenters. The smallest absolute Gasteiger partial charge is 0.222 e. The van der Waals surface area contributed by atoms with Crippen molar-refractivity contribution in [3.8, 4) is 0 Å². The molecule has 1 saturated carbocycles. The Balaban J connectivity index is 1.63. The highest BCUT2D eigenvalue weighted by Gasteiger charge is 2.31. The van der Waals surface area contributed by atoms with Crippen LogP contribution in [0.1, 0.15) is 67.2 Å². The number of carbonyl (C=O) groups excluding carboxylic acids is 1. The van der Waals surface area contributed by atoms with Crippen LogP contribution in [0.3, 0.4) is 0 Å². The maximum Gasteiger partial charge on any atom is 0.222 e. The average Bonchev–Trinajstić information content (AvgIpc) is 3.60. The predicted octanol–water partition coefficient (Wildman–Crippen LogP) is 4.09. The molecule has 2 aromatic rings. The van der Waals surface area contributed by atoms with E-state index in [2.05, 4.69) is 49.9 Å². The number of carbonyl (C=O) groups is 1. The standard InChI is InChI=1S/C26H36N4O2/c1-18(2)14-24(31)29-10-12-30(13-11-29)26-22(16-20-7-5-6-19(3)15-20)23(17-32-4)27-25(28-26)21-8-9-21/h5-7,15,18,21H,8-14,16-17H2,1-4H3. The van der Waals surface area contributed by atoms with E-state index in [0.717, 1.165) is 55.5 Å². The van der Waals surface area contributed by atoms with Gasteiger partial charge < -0.3 is 14.5 Å². The Labute approximate surface area is 192 Å². The van der Waals surface area contributed by atoms with Crippen molar-refractivity contribution in [2.75, 3.05) is 38.2 Å². The van der Waals surface area contributed by atoms with Crippen LogP contribution in [-0.4, -0.2) is 54.1 Å². The Kier molecular flexibility index (Phi) is 7.09. The van der Waals surface area contributed by atoms with Crippen molar-refractivity contribution in [2.45, 2.75) is 59.0 Å². The van der Waals surface area contributed by atoms with Gasteiger partial charge in [0.1, 0.15) is 11.6 Å². The lowest BCUT2D eigenvalue weighted by Gasteiger charge is -2.37. The van der Waals surface area contributed by atoms with Crippen molar-refractivity contribution in [2.24, 2.45) is 5.92 Å². The number of benzene rings is 1. The zero-order valence-electron chi connectivity index (χ0n) is 19.9. The van der Waals surface area contributed by atoms with Crippen molar-refractivity contribution in [1.82, 2.24) is 14.9 Å². The second-order valence-electron chi connectivity index (χ2n) is 9.67. The minimum absolute atomic E-state index is 0.265. The van der Waals surface area contributed by atoms with E-state index in [1.807, 2.05) is 4.90 Å². The molecular formula is C26H36N4O2. The maximum absolute atomic E-state index is 12.5. The van der Waals surface area contributed by atoms with E-state index < -0.39 is 0 Å². The number of anilines is 1. The first-order chi connectivity index (χ1) is 15.4. The third kappa shape index (κ3) is 5.47. The molecule has 1 aliphatic carbocycles. The lowest BCUT2D eigenvalue weighted by molar-refractivity contribution is -0.132. The van der Waals surface area contributed by atoms with Crippen LogP contribution in [0.15, 0.2) is 24.3 Å². The van der Waals surface area contributed by atoms with E-state index in [9.17, 15) is 4.79 Å². The van der Waals surface area contributed by atoms with Gasteiger partial charge in [-0.1, -0.05) is 43.7 Å². The van der Waals surface area contributed by atoms with Gasteiger partial charge in [0.15, 0.2) is 0 Å². The molecule has 1 aromatic carbocycles.